The molecule has 1 aromatic carbocycles. The Kier molecular flexibility index (Phi) is 8.94. The van der Waals surface area contributed by atoms with Crippen molar-refractivity contribution in [2.24, 2.45) is 22.2 Å². The predicted octanol–water partition coefficient (Wildman–Crippen LogP) is 7.18. The van der Waals surface area contributed by atoms with Gasteiger partial charge in [-0.2, -0.15) is 9.57 Å². The maximum Gasteiger partial charge on any atom is 0.327 e. The zero-order valence-electron chi connectivity index (χ0n) is 25.4. The van der Waals surface area contributed by atoms with Crippen molar-refractivity contribution in [2.75, 3.05) is 5.75 Å². The highest BCUT2D eigenvalue weighted by Crippen LogP contribution is 2.67. The summed E-state index contributed by atoms with van der Waals surface area (Å²) >= 11 is 0. The molecule has 2 bridgehead atoms. The van der Waals surface area contributed by atoms with Crippen molar-refractivity contribution in [3.63, 3.8) is 0 Å². The molecule has 0 aliphatic heterocycles. The number of hydrogen-bond donors (Lipinski definition) is 0. The minimum Gasteiger partial charge on any atom is -0.461 e. The van der Waals surface area contributed by atoms with Crippen LogP contribution in [0.2, 0.25) is 0 Å². The summed E-state index contributed by atoms with van der Waals surface area (Å²) in [5, 5.41) is 10.3. The van der Waals surface area contributed by atoms with Gasteiger partial charge in [-0.15, -0.1) is 0 Å². The molecule has 4 aliphatic rings. The topological polar surface area (TPSA) is 87.5 Å². The van der Waals surface area contributed by atoms with Crippen LogP contribution in [0.5, 0.6) is 0 Å². The van der Waals surface area contributed by atoms with Gasteiger partial charge in [-0.25, -0.2) is 8.42 Å². The van der Waals surface area contributed by atoms with Crippen molar-refractivity contribution in [1.82, 2.24) is 4.31 Å². The number of nitriles is 1. The summed E-state index contributed by atoms with van der Waals surface area (Å²) in [4.78, 5) is 13.9. The third-order valence-electron chi connectivity index (χ3n) is 11.8. The smallest absolute Gasteiger partial charge is 0.327 e. The third kappa shape index (κ3) is 5.60. The van der Waals surface area contributed by atoms with Gasteiger partial charge in [0.1, 0.15) is 6.10 Å². The van der Waals surface area contributed by atoms with Crippen LogP contribution in [0.4, 0.5) is 0 Å². The van der Waals surface area contributed by atoms with Crippen molar-refractivity contribution in [1.29, 1.82) is 5.26 Å². The second kappa shape index (κ2) is 12.0. The van der Waals surface area contributed by atoms with Gasteiger partial charge >= 0.3 is 5.97 Å². The number of carbonyl (C=O) groups excluding carboxylic acids is 1. The molecule has 4 saturated carbocycles. The molecule has 0 N–H and O–H groups in total. The maximum absolute atomic E-state index is 14.7. The largest absolute Gasteiger partial charge is 0.461 e. The van der Waals surface area contributed by atoms with Crippen LogP contribution in [0.25, 0.3) is 0 Å². The standard InChI is InChI=1S/C34H50N2O4S/c1-4-33(24-35,23-26-14-8-5-9-15-26)31(37)40-30-22-27-20-21-34(30,32(27,2)3)25-41(38,39)36(28-16-10-6-11-17-28)29-18-12-7-13-19-29/h5,8-9,14-15,27-30H,4,6-7,10-13,16-23,25H2,1-3H3/t27-,30-,33+,34-/m1/s1. The number of ether oxygens (including phenoxy) is 1. The molecule has 6 nitrogen and oxygen atoms in total. The van der Waals surface area contributed by atoms with Crippen LogP contribution in [0.15, 0.2) is 30.3 Å². The molecule has 0 saturated heterocycles. The molecule has 0 heterocycles. The molecule has 5 rings (SSSR count). The van der Waals surface area contributed by atoms with Gasteiger partial charge in [0.2, 0.25) is 10.0 Å². The van der Waals surface area contributed by atoms with Crippen LogP contribution in [-0.2, 0) is 26.0 Å². The van der Waals surface area contributed by atoms with E-state index in [1.54, 1.807) is 0 Å². The number of carbonyl (C=O) groups is 1. The second-order valence-corrected chi connectivity index (χ2v) is 16.0. The summed E-state index contributed by atoms with van der Waals surface area (Å²) in [6.07, 6.45) is 13.1. The lowest BCUT2D eigenvalue weighted by Gasteiger charge is -2.46. The molecule has 0 spiro atoms. The van der Waals surface area contributed by atoms with E-state index in [1.807, 2.05) is 41.6 Å². The molecule has 0 unspecified atom stereocenters. The van der Waals surface area contributed by atoms with E-state index in [1.165, 1.54) is 12.8 Å². The second-order valence-electron chi connectivity index (χ2n) is 14.1. The summed E-state index contributed by atoms with van der Waals surface area (Å²) in [6.45, 7) is 6.26. The highest BCUT2D eigenvalue weighted by Gasteiger charge is 2.67. The van der Waals surface area contributed by atoms with E-state index in [2.05, 4.69) is 19.9 Å². The van der Waals surface area contributed by atoms with Crippen LogP contribution in [0.3, 0.4) is 0 Å². The van der Waals surface area contributed by atoms with Crippen molar-refractivity contribution < 1.29 is 17.9 Å². The average Bonchev–Trinajstić information content (AvgIpc) is 3.32. The van der Waals surface area contributed by atoms with Crippen LogP contribution in [0, 0.1) is 33.5 Å². The molecule has 4 fully saturated rings. The zero-order valence-corrected chi connectivity index (χ0v) is 26.3. The van der Waals surface area contributed by atoms with Gasteiger partial charge in [-0.05, 0) is 68.3 Å². The van der Waals surface area contributed by atoms with Crippen LogP contribution in [-0.4, -0.2) is 42.6 Å². The fraction of sp³-hybridized carbons (Fsp3) is 0.765. The monoisotopic (exact) mass is 582 g/mol. The summed E-state index contributed by atoms with van der Waals surface area (Å²) in [5.41, 5.74) is -1.27. The minimum atomic E-state index is -3.61. The molecule has 1 aromatic rings. The van der Waals surface area contributed by atoms with Gasteiger partial charge in [-0.3, -0.25) is 4.79 Å². The molecule has 4 atom stereocenters. The maximum atomic E-state index is 14.7. The molecule has 41 heavy (non-hydrogen) atoms. The number of esters is 1. The lowest BCUT2D eigenvalue weighted by molar-refractivity contribution is -0.166. The number of rotatable bonds is 10. The van der Waals surface area contributed by atoms with Gasteiger partial charge in [0.15, 0.2) is 5.41 Å². The minimum absolute atomic E-state index is 0.0405. The molecule has 0 radical (unpaired) electrons. The normalized spacial score (nSPS) is 30.1. The predicted molar refractivity (Wildman–Crippen MR) is 161 cm³/mol. The Bertz CT molecular complexity index is 1190. The Labute approximate surface area is 248 Å². The Morgan fingerprint density at radius 2 is 1.59 bits per heavy atom. The number of fused-ring (bicyclic) bond motifs is 2. The zero-order chi connectivity index (χ0) is 29.3. The number of hydrogen-bond acceptors (Lipinski definition) is 5. The highest BCUT2D eigenvalue weighted by atomic mass is 32.2. The SMILES string of the molecule is CC[C@@](C#N)(Cc1ccccc1)C(=O)O[C@@H]1C[C@H]2CC[C@]1(CS(=O)(=O)N(C1CCCCC1)C1CCCCC1)C2(C)C. The van der Waals surface area contributed by atoms with Crippen molar-refractivity contribution in [2.45, 2.75) is 135 Å². The number of nitrogens with zero attached hydrogens (tertiary/aromatic N) is 2. The van der Waals surface area contributed by atoms with Crippen molar-refractivity contribution in [3.05, 3.63) is 35.9 Å². The molecular formula is C34H50N2O4S. The summed E-state index contributed by atoms with van der Waals surface area (Å²) in [6, 6.07) is 12.1. The lowest BCUT2D eigenvalue weighted by atomic mass is 9.69. The van der Waals surface area contributed by atoms with Gasteiger partial charge < -0.3 is 4.74 Å². The van der Waals surface area contributed by atoms with E-state index in [-0.39, 0.29) is 23.3 Å². The van der Waals surface area contributed by atoms with Crippen LogP contribution in [0.1, 0.15) is 116 Å². The molecule has 0 amide bonds. The summed E-state index contributed by atoms with van der Waals surface area (Å²) < 4.78 is 37.7. The van der Waals surface area contributed by atoms with Crippen molar-refractivity contribution in [3.8, 4) is 6.07 Å². The average molecular weight is 583 g/mol. The first-order chi connectivity index (χ1) is 19.6. The van der Waals surface area contributed by atoms with E-state index in [9.17, 15) is 18.5 Å². The first kappa shape index (κ1) is 30.5. The number of benzene rings is 1. The van der Waals surface area contributed by atoms with E-state index in [0.717, 1.165) is 69.8 Å². The Morgan fingerprint density at radius 3 is 2.10 bits per heavy atom. The Hall–Kier alpha value is -1.91. The van der Waals surface area contributed by atoms with E-state index in [0.29, 0.717) is 25.2 Å². The van der Waals surface area contributed by atoms with Crippen molar-refractivity contribution >= 4 is 16.0 Å². The Balaban J connectivity index is 1.44. The highest BCUT2D eigenvalue weighted by molar-refractivity contribution is 7.89. The van der Waals surface area contributed by atoms with Gasteiger partial charge in [0, 0.05) is 23.9 Å². The van der Waals surface area contributed by atoms with Gasteiger partial charge in [-0.1, -0.05) is 89.6 Å². The van der Waals surface area contributed by atoms with E-state index in [4.69, 9.17) is 4.74 Å². The number of sulfonamides is 1. The Morgan fingerprint density at radius 1 is 1.00 bits per heavy atom. The van der Waals surface area contributed by atoms with Crippen LogP contribution < -0.4 is 0 Å². The molecular weight excluding hydrogens is 532 g/mol. The third-order valence-corrected chi connectivity index (χ3v) is 13.9. The first-order valence-corrected chi connectivity index (χ1v) is 17.9. The summed E-state index contributed by atoms with van der Waals surface area (Å²) in [5.74, 6) is -0.146. The van der Waals surface area contributed by atoms with Crippen LogP contribution >= 0.6 is 0 Å². The molecule has 226 valence electrons. The quantitative estimate of drug-likeness (QED) is 0.273. The fourth-order valence-corrected chi connectivity index (χ4v) is 11.9. The molecule has 4 aliphatic carbocycles. The molecule has 0 aromatic heterocycles. The fourth-order valence-electron chi connectivity index (χ4n) is 9.02. The lowest BCUT2D eigenvalue weighted by Crippen LogP contribution is -2.55. The molecule has 7 heteroatoms. The van der Waals surface area contributed by atoms with Gasteiger partial charge in [0.05, 0.1) is 11.8 Å². The van der Waals surface area contributed by atoms with Gasteiger partial charge in [0.25, 0.3) is 0 Å². The van der Waals surface area contributed by atoms with E-state index < -0.39 is 32.9 Å². The summed E-state index contributed by atoms with van der Waals surface area (Å²) in [7, 11) is -3.61. The van der Waals surface area contributed by atoms with E-state index >= 15 is 0 Å². The first-order valence-electron chi connectivity index (χ1n) is 16.3.